The van der Waals surface area contributed by atoms with Gasteiger partial charge < -0.3 is 26.2 Å². The van der Waals surface area contributed by atoms with Crippen molar-refractivity contribution in [1.29, 1.82) is 10.8 Å². The first-order chi connectivity index (χ1) is 18.4. The SMILES string of the molecule is CC(=N)N1CCC(Oc2ccc(N(C/C=C/c3cccc(C(=N)N)c3)S(=O)(=O)CC(=O)O)cc2C(N)=O)CC1. The molecule has 0 spiro atoms. The summed E-state index contributed by atoms with van der Waals surface area (Å²) in [6.45, 7) is 2.74. The normalized spacial score (nSPS) is 14.2. The van der Waals surface area contributed by atoms with Gasteiger partial charge in [0.15, 0.2) is 5.75 Å². The van der Waals surface area contributed by atoms with Gasteiger partial charge in [0.2, 0.25) is 10.0 Å². The predicted octanol–water partition coefficient (Wildman–Crippen LogP) is 1.84. The minimum absolute atomic E-state index is 0.0353. The Morgan fingerprint density at radius 1 is 1.15 bits per heavy atom. The average Bonchev–Trinajstić information content (AvgIpc) is 2.86. The number of amidine groups is 2. The Bertz CT molecular complexity index is 1400. The summed E-state index contributed by atoms with van der Waals surface area (Å²) in [5.74, 6) is -2.96. The number of nitrogens with two attached hydrogens (primary N) is 2. The number of carbonyl (C=O) groups is 2. The zero-order valence-corrected chi connectivity index (χ0v) is 22.3. The van der Waals surface area contributed by atoms with Gasteiger partial charge in [-0.25, -0.2) is 8.42 Å². The molecule has 2 aromatic rings. The standard InChI is InChI=1S/C26H32N6O6S/c1-17(27)31-12-9-21(10-13-31)38-23-8-7-20(15-22(23)26(30)35)32(39(36,37)16-24(33)34)11-3-5-18-4-2-6-19(14-18)25(28)29/h2-8,14-15,21,27H,9-13,16H2,1H3,(H3,28,29)(H2,30,35)(H,33,34)/b5-3+,27-17?. The van der Waals surface area contributed by atoms with Crippen molar-refractivity contribution < 1.29 is 27.9 Å². The number of rotatable bonds is 11. The molecule has 0 saturated carbocycles. The Labute approximate surface area is 226 Å². The lowest BCUT2D eigenvalue weighted by Gasteiger charge is -2.33. The number of piperidine rings is 1. The van der Waals surface area contributed by atoms with Gasteiger partial charge in [-0.15, -0.1) is 0 Å². The van der Waals surface area contributed by atoms with Crippen LogP contribution in [0.5, 0.6) is 5.75 Å². The van der Waals surface area contributed by atoms with Gasteiger partial charge in [-0.05, 0) is 36.8 Å². The van der Waals surface area contributed by atoms with E-state index < -0.39 is 27.7 Å². The third-order valence-electron chi connectivity index (χ3n) is 6.15. The minimum Gasteiger partial charge on any atom is -0.489 e. The van der Waals surface area contributed by atoms with Crippen LogP contribution in [-0.4, -0.2) is 73.5 Å². The van der Waals surface area contributed by atoms with Gasteiger partial charge in [0.25, 0.3) is 5.91 Å². The highest BCUT2D eigenvalue weighted by Crippen LogP contribution is 2.29. The number of ether oxygens (including phenoxy) is 1. The molecule has 3 rings (SSSR count). The fraction of sp³-hybridized carbons (Fsp3) is 0.308. The maximum absolute atomic E-state index is 13.0. The number of nitrogens with zero attached hydrogens (tertiary/aromatic N) is 2. The summed E-state index contributed by atoms with van der Waals surface area (Å²) in [5, 5.41) is 24.5. The number of hydrogen-bond donors (Lipinski definition) is 5. The maximum atomic E-state index is 13.0. The summed E-state index contributed by atoms with van der Waals surface area (Å²) in [6, 6.07) is 10.9. The molecule has 0 radical (unpaired) electrons. The second-order valence-corrected chi connectivity index (χ2v) is 11.0. The molecule has 1 saturated heterocycles. The Morgan fingerprint density at radius 2 is 1.85 bits per heavy atom. The van der Waals surface area contributed by atoms with E-state index in [9.17, 15) is 23.1 Å². The molecular formula is C26H32N6O6S. The van der Waals surface area contributed by atoms with Crippen molar-refractivity contribution >= 4 is 45.3 Å². The van der Waals surface area contributed by atoms with E-state index in [4.69, 9.17) is 27.0 Å². The van der Waals surface area contributed by atoms with Crippen LogP contribution in [0.25, 0.3) is 6.08 Å². The molecule has 0 atom stereocenters. The fourth-order valence-electron chi connectivity index (χ4n) is 4.16. The van der Waals surface area contributed by atoms with Crippen LogP contribution in [0.3, 0.4) is 0 Å². The lowest BCUT2D eigenvalue weighted by Crippen LogP contribution is -2.40. The largest absolute Gasteiger partial charge is 0.489 e. The van der Waals surface area contributed by atoms with Crippen LogP contribution in [0.15, 0.2) is 48.5 Å². The van der Waals surface area contributed by atoms with E-state index in [0.29, 0.717) is 42.9 Å². The number of nitrogens with one attached hydrogen (secondary N) is 2. The van der Waals surface area contributed by atoms with Gasteiger partial charge in [-0.3, -0.25) is 24.7 Å². The summed E-state index contributed by atoms with van der Waals surface area (Å²) < 4.78 is 32.9. The van der Waals surface area contributed by atoms with Gasteiger partial charge in [0.1, 0.15) is 17.7 Å². The Kier molecular flexibility index (Phi) is 9.30. The van der Waals surface area contributed by atoms with E-state index >= 15 is 0 Å². The Balaban J connectivity index is 1.89. The number of aliphatic carboxylic acids is 1. The number of anilines is 1. The van der Waals surface area contributed by atoms with E-state index in [1.165, 1.54) is 24.3 Å². The molecule has 1 aliphatic rings. The lowest BCUT2D eigenvalue weighted by atomic mass is 10.1. The van der Waals surface area contributed by atoms with Gasteiger partial charge in [-0.1, -0.05) is 30.4 Å². The van der Waals surface area contributed by atoms with E-state index in [1.807, 2.05) is 4.90 Å². The first-order valence-electron chi connectivity index (χ1n) is 12.1. The number of hydrogen-bond acceptors (Lipinski definition) is 7. The van der Waals surface area contributed by atoms with Crippen molar-refractivity contribution in [3.8, 4) is 5.75 Å². The quantitative estimate of drug-likeness (QED) is 0.203. The molecule has 1 fully saturated rings. The highest BCUT2D eigenvalue weighted by atomic mass is 32.2. The summed E-state index contributed by atoms with van der Waals surface area (Å²) >= 11 is 0. The number of carboxylic acids is 1. The second-order valence-electron chi connectivity index (χ2n) is 9.06. The minimum atomic E-state index is -4.34. The monoisotopic (exact) mass is 556 g/mol. The Hall–Kier alpha value is -4.39. The van der Waals surface area contributed by atoms with Gasteiger partial charge in [-0.2, -0.15) is 0 Å². The van der Waals surface area contributed by atoms with E-state index in [1.54, 1.807) is 37.3 Å². The van der Waals surface area contributed by atoms with Crippen molar-refractivity contribution in [1.82, 2.24) is 4.90 Å². The smallest absolute Gasteiger partial charge is 0.320 e. The van der Waals surface area contributed by atoms with Gasteiger partial charge in [0.05, 0.1) is 23.6 Å². The number of primary amides is 1. The fourth-order valence-corrected chi connectivity index (χ4v) is 5.38. The molecule has 2 aromatic carbocycles. The Morgan fingerprint density at radius 3 is 2.44 bits per heavy atom. The van der Waals surface area contributed by atoms with Crippen LogP contribution in [0.2, 0.25) is 0 Å². The molecule has 39 heavy (non-hydrogen) atoms. The zero-order valence-electron chi connectivity index (χ0n) is 21.5. The van der Waals surface area contributed by atoms with Gasteiger partial charge >= 0.3 is 5.97 Å². The number of amides is 1. The lowest BCUT2D eigenvalue weighted by molar-refractivity contribution is -0.134. The van der Waals surface area contributed by atoms with Crippen molar-refractivity contribution in [2.75, 3.05) is 29.7 Å². The molecular weight excluding hydrogens is 524 g/mol. The van der Waals surface area contributed by atoms with E-state index in [-0.39, 0.29) is 35.5 Å². The molecule has 0 unspecified atom stereocenters. The predicted molar refractivity (Wildman–Crippen MR) is 149 cm³/mol. The van der Waals surface area contributed by atoms with Crippen molar-refractivity contribution in [3.63, 3.8) is 0 Å². The van der Waals surface area contributed by atoms with Crippen LogP contribution in [0.1, 0.15) is 41.3 Å². The van der Waals surface area contributed by atoms with Crippen LogP contribution >= 0.6 is 0 Å². The number of likely N-dealkylation sites (tertiary alicyclic amines) is 1. The molecule has 7 N–H and O–H groups in total. The summed E-state index contributed by atoms with van der Waals surface area (Å²) in [5.41, 5.74) is 12.3. The molecule has 0 bridgehead atoms. The third-order valence-corrected chi connectivity index (χ3v) is 7.79. The summed E-state index contributed by atoms with van der Waals surface area (Å²) in [4.78, 5) is 25.5. The highest BCUT2D eigenvalue weighted by molar-refractivity contribution is 7.93. The van der Waals surface area contributed by atoms with Crippen LogP contribution in [0, 0.1) is 10.8 Å². The molecule has 0 aliphatic carbocycles. The first kappa shape index (κ1) is 29.2. The van der Waals surface area contributed by atoms with Crippen LogP contribution in [0.4, 0.5) is 5.69 Å². The number of carboxylic acid groups (broad SMARTS) is 1. The van der Waals surface area contributed by atoms with Crippen LogP contribution < -0.4 is 20.5 Å². The average molecular weight is 557 g/mol. The van der Waals surface area contributed by atoms with Crippen molar-refractivity contribution in [3.05, 3.63) is 65.2 Å². The molecule has 1 heterocycles. The summed E-state index contributed by atoms with van der Waals surface area (Å²) in [6.07, 6.45) is 4.18. The molecule has 0 aromatic heterocycles. The zero-order chi connectivity index (χ0) is 28.7. The first-order valence-corrected chi connectivity index (χ1v) is 13.7. The number of sulfonamides is 1. The molecule has 13 heteroatoms. The molecule has 12 nitrogen and oxygen atoms in total. The van der Waals surface area contributed by atoms with E-state index in [0.717, 1.165) is 4.31 Å². The van der Waals surface area contributed by atoms with Crippen molar-refractivity contribution in [2.45, 2.75) is 25.9 Å². The summed E-state index contributed by atoms with van der Waals surface area (Å²) in [7, 11) is -4.34. The topological polar surface area (TPSA) is 204 Å². The number of carbonyl (C=O) groups excluding carboxylic acids is 1. The van der Waals surface area contributed by atoms with Crippen molar-refractivity contribution in [2.24, 2.45) is 11.5 Å². The molecule has 208 valence electrons. The third kappa shape index (κ3) is 7.80. The molecule has 1 amide bonds. The highest BCUT2D eigenvalue weighted by Gasteiger charge is 2.27. The number of benzene rings is 2. The van der Waals surface area contributed by atoms with Crippen LogP contribution in [-0.2, 0) is 14.8 Å². The molecule has 1 aliphatic heterocycles. The number of nitrogen functional groups attached to an aromatic ring is 1. The maximum Gasteiger partial charge on any atom is 0.320 e. The second kappa shape index (κ2) is 12.4. The van der Waals surface area contributed by atoms with Gasteiger partial charge in [0, 0.05) is 31.5 Å². The van der Waals surface area contributed by atoms with E-state index in [2.05, 4.69) is 0 Å².